The minimum atomic E-state index is 0.312. The molecule has 1 atom stereocenters. The Morgan fingerprint density at radius 1 is 1.18 bits per heavy atom. The summed E-state index contributed by atoms with van der Waals surface area (Å²) in [6.07, 6.45) is 2.48. The van der Waals surface area contributed by atoms with E-state index in [0.717, 1.165) is 18.7 Å². The van der Waals surface area contributed by atoms with E-state index in [4.69, 9.17) is 0 Å². The molecule has 0 aromatic heterocycles. The largest absolute Gasteiger partial charge is 0.508 e. The van der Waals surface area contributed by atoms with Gasteiger partial charge in [0, 0.05) is 11.6 Å². The molecule has 0 aliphatic carbocycles. The standard InChI is InChI=1S/C15H23NO/c1-12(13-6-4-5-7-14(13)17)16-10-8-15(2,3)9-11-16/h4-7,12,17H,8-11H2,1-3H3. The zero-order valence-electron chi connectivity index (χ0n) is 11.1. The summed E-state index contributed by atoms with van der Waals surface area (Å²) >= 11 is 0. The van der Waals surface area contributed by atoms with E-state index >= 15 is 0 Å². The van der Waals surface area contributed by atoms with Gasteiger partial charge in [-0.2, -0.15) is 0 Å². The van der Waals surface area contributed by atoms with Crippen LogP contribution in [-0.2, 0) is 0 Å². The van der Waals surface area contributed by atoms with E-state index in [1.165, 1.54) is 12.8 Å². The van der Waals surface area contributed by atoms with Crippen LogP contribution >= 0.6 is 0 Å². The number of phenolic OH excluding ortho intramolecular Hbond substituents is 1. The van der Waals surface area contributed by atoms with E-state index in [0.29, 0.717) is 17.2 Å². The summed E-state index contributed by atoms with van der Waals surface area (Å²) in [5, 5.41) is 9.89. The van der Waals surface area contributed by atoms with Gasteiger partial charge in [-0.1, -0.05) is 32.0 Å². The van der Waals surface area contributed by atoms with Crippen molar-refractivity contribution in [1.82, 2.24) is 4.90 Å². The number of hydrogen-bond acceptors (Lipinski definition) is 2. The average molecular weight is 233 g/mol. The number of para-hydroxylation sites is 1. The molecule has 1 saturated heterocycles. The van der Waals surface area contributed by atoms with Gasteiger partial charge >= 0.3 is 0 Å². The zero-order chi connectivity index (χ0) is 12.5. The maximum atomic E-state index is 9.89. The lowest BCUT2D eigenvalue weighted by atomic mass is 9.82. The normalized spacial score (nSPS) is 22.3. The summed E-state index contributed by atoms with van der Waals surface area (Å²) in [4.78, 5) is 2.47. The van der Waals surface area contributed by atoms with Gasteiger partial charge in [-0.15, -0.1) is 0 Å². The first kappa shape index (κ1) is 12.4. The van der Waals surface area contributed by atoms with E-state index in [1.54, 1.807) is 6.07 Å². The lowest BCUT2D eigenvalue weighted by Gasteiger charge is -2.40. The van der Waals surface area contributed by atoms with Gasteiger partial charge < -0.3 is 5.11 Å². The molecule has 0 amide bonds. The molecule has 0 saturated carbocycles. The zero-order valence-corrected chi connectivity index (χ0v) is 11.1. The van der Waals surface area contributed by atoms with Crippen LogP contribution in [0, 0.1) is 5.41 Å². The smallest absolute Gasteiger partial charge is 0.120 e. The van der Waals surface area contributed by atoms with E-state index in [2.05, 4.69) is 25.7 Å². The van der Waals surface area contributed by atoms with Crippen LogP contribution in [0.5, 0.6) is 5.75 Å². The Labute approximate surface area is 104 Å². The lowest BCUT2D eigenvalue weighted by molar-refractivity contribution is 0.0994. The van der Waals surface area contributed by atoms with Crippen LogP contribution < -0.4 is 0 Å². The molecule has 2 nitrogen and oxygen atoms in total. The van der Waals surface area contributed by atoms with Crippen LogP contribution in [-0.4, -0.2) is 23.1 Å². The van der Waals surface area contributed by atoms with Crippen molar-refractivity contribution in [3.05, 3.63) is 29.8 Å². The molecule has 1 aliphatic rings. The molecule has 0 spiro atoms. The number of phenols is 1. The van der Waals surface area contributed by atoms with Crippen LogP contribution in [0.4, 0.5) is 0 Å². The minimum Gasteiger partial charge on any atom is -0.508 e. The van der Waals surface area contributed by atoms with Crippen molar-refractivity contribution < 1.29 is 5.11 Å². The number of rotatable bonds is 2. The number of nitrogens with zero attached hydrogens (tertiary/aromatic N) is 1. The van der Waals surface area contributed by atoms with E-state index < -0.39 is 0 Å². The molecule has 2 heteroatoms. The van der Waals surface area contributed by atoms with Gasteiger partial charge in [-0.05, 0) is 44.3 Å². The molecule has 1 unspecified atom stereocenters. The van der Waals surface area contributed by atoms with Crippen LogP contribution in [0.25, 0.3) is 0 Å². The number of benzene rings is 1. The highest BCUT2D eigenvalue weighted by molar-refractivity contribution is 5.34. The second kappa shape index (κ2) is 4.69. The molecule has 94 valence electrons. The highest BCUT2D eigenvalue weighted by Gasteiger charge is 2.28. The molecule has 17 heavy (non-hydrogen) atoms. The van der Waals surface area contributed by atoms with E-state index in [1.807, 2.05) is 18.2 Å². The summed E-state index contributed by atoms with van der Waals surface area (Å²) in [6.45, 7) is 9.13. The highest BCUT2D eigenvalue weighted by atomic mass is 16.3. The van der Waals surface area contributed by atoms with Gasteiger partial charge in [-0.3, -0.25) is 4.90 Å². The SMILES string of the molecule is CC(c1ccccc1O)N1CCC(C)(C)CC1. The molecular formula is C15H23NO. The summed E-state index contributed by atoms with van der Waals surface area (Å²) in [7, 11) is 0. The first-order valence-corrected chi connectivity index (χ1v) is 6.51. The molecule has 2 rings (SSSR count). The second-order valence-corrected chi connectivity index (χ2v) is 5.93. The molecule has 1 fully saturated rings. The minimum absolute atomic E-state index is 0.312. The fourth-order valence-electron chi connectivity index (χ4n) is 2.55. The monoisotopic (exact) mass is 233 g/mol. The lowest BCUT2D eigenvalue weighted by Crippen LogP contribution is -2.38. The van der Waals surface area contributed by atoms with E-state index in [9.17, 15) is 5.11 Å². The van der Waals surface area contributed by atoms with Crippen molar-refractivity contribution >= 4 is 0 Å². The van der Waals surface area contributed by atoms with Crippen LogP contribution in [0.3, 0.4) is 0 Å². The molecule has 1 aromatic carbocycles. The van der Waals surface area contributed by atoms with Crippen LogP contribution in [0.1, 0.15) is 45.2 Å². The third kappa shape index (κ3) is 2.81. The van der Waals surface area contributed by atoms with Crippen molar-refractivity contribution in [2.45, 2.75) is 39.7 Å². The summed E-state index contributed by atoms with van der Waals surface area (Å²) < 4.78 is 0. The van der Waals surface area contributed by atoms with E-state index in [-0.39, 0.29) is 0 Å². The van der Waals surface area contributed by atoms with Crippen LogP contribution in [0.15, 0.2) is 24.3 Å². The van der Waals surface area contributed by atoms with Gasteiger partial charge in [0.05, 0.1) is 0 Å². The number of aromatic hydroxyl groups is 1. The molecule has 1 aliphatic heterocycles. The first-order chi connectivity index (χ1) is 7.99. The molecule has 0 bridgehead atoms. The van der Waals surface area contributed by atoms with Gasteiger partial charge in [0.2, 0.25) is 0 Å². The molecule has 1 aromatic rings. The fourth-order valence-corrected chi connectivity index (χ4v) is 2.55. The Morgan fingerprint density at radius 2 is 1.76 bits per heavy atom. The van der Waals surface area contributed by atoms with Gasteiger partial charge in [0.1, 0.15) is 5.75 Å². The summed E-state index contributed by atoms with van der Waals surface area (Å²) in [5.74, 6) is 0.421. The quantitative estimate of drug-likeness (QED) is 0.844. The van der Waals surface area contributed by atoms with Crippen LogP contribution in [0.2, 0.25) is 0 Å². The fraction of sp³-hybridized carbons (Fsp3) is 0.600. The molecule has 1 N–H and O–H groups in total. The highest BCUT2D eigenvalue weighted by Crippen LogP contribution is 2.35. The molecule has 1 heterocycles. The Balaban J connectivity index is 2.07. The second-order valence-electron chi connectivity index (χ2n) is 5.93. The summed E-state index contributed by atoms with van der Waals surface area (Å²) in [5.41, 5.74) is 1.53. The van der Waals surface area contributed by atoms with Crippen molar-refractivity contribution in [3.8, 4) is 5.75 Å². The van der Waals surface area contributed by atoms with Gasteiger partial charge in [-0.25, -0.2) is 0 Å². The predicted octanol–water partition coefficient (Wildman–Crippen LogP) is 3.58. The molecular weight excluding hydrogens is 210 g/mol. The summed E-state index contributed by atoms with van der Waals surface area (Å²) in [6, 6.07) is 8.00. The Kier molecular flexibility index (Phi) is 3.43. The molecule has 0 radical (unpaired) electrons. The number of hydrogen-bond donors (Lipinski definition) is 1. The van der Waals surface area contributed by atoms with Gasteiger partial charge in [0.15, 0.2) is 0 Å². The topological polar surface area (TPSA) is 23.5 Å². The third-order valence-electron chi connectivity index (χ3n) is 4.09. The predicted molar refractivity (Wildman–Crippen MR) is 71.1 cm³/mol. The third-order valence-corrected chi connectivity index (χ3v) is 4.09. The maximum Gasteiger partial charge on any atom is 0.120 e. The van der Waals surface area contributed by atoms with Crippen molar-refractivity contribution in [2.75, 3.05) is 13.1 Å². The Hall–Kier alpha value is -1.02. The van der Waals surface area contributed by atoms with Crippen molar-refractivity contribution in [1.29, 1.82) is 0 Å². The van der Waals surface area contributed by atoms with Crippen molar-refractivity contribution in [3.63, 3.8) is 0 Å². The number of piperidine rings is 1. The maximum absolute atomic E-state index is 9.89. The average Bonchev–Trinajstić information content (AvgIpc) is 2.29. The van der Waals surface area contributed by atoms with Gasteiger partial charge in [0.25, 0.3) is 0 Å². The Bertz CT molecular complexity index is 376. The Morgan fingerprint density at radius 3 is 2.35 bits per heavy atom. The number of likely N-dealkylation sites (tertiary alicyclic amines) is 1. The first-order valence-electron chi connectivity index (χ1n) is 6.51. The van der Waals surface area contributed by atoms with Crippen molar-refractivity contribution in [2.24, 2.45) is 5.41 Å².